The molecule has 0 radical (unpaired) electrons. The van der Waals surface area contributed by atoms with Gasteiger partial charge < -0.3 is 9.52 Å². The molecular weight excluding hydrogens is 336 g/mol. The first-order valence-electron chi connectivity index (χ1n) is 9.12. The Bertz CT molecular complexity index is 1090. The first kappa shape index (κ1) is 17.1. The van der Waals surface area contributed by atoms with E-state index in [0.29, 0.717) is 22.5 Å². The van der Waals surface area contributed by atoms with E-state index in [1.54, 1.807) is 24.3 Å². The van der Waals surface area contributed by atoms with E-state index in [1.165, 1.54) is 5.56 Å². The molecule has 0 aliphatic heterocycles. The van der Waals surface area contributed by atoms with E-state index in [4.69, 9.17) is 4.42 Å². The van der Waals surface area contributed by atoms with E-state index in [-0.39, 0.29) is 11.5 Å². The van der Waals surface area contributed by atoms with Crippen LogP contribution >= 0.6 is 0 Å². The van der Waals surface area contributed by atoms with Crippen molar-refractivity contribution in [3.63, 3.8) is 0 Å². The number of benzene rings is 3. The van der Waals surface area contributed by atoms with Gasteiger partial charge in [0.05, 0.1) is 5.56 Å². The van der Waals surface area contributed by atoms with Crippen LogP contribution in [0.5, 0.6) is 5.75 Å². The predicted octanol–water partition coefficient (Wildman–Crippen LogP) is 5.99. The first-order chi connectivity index (χ1) is 13.2. The second-order valence-corrected chi connectivity index (χ2v) is 6.63. The molecule has 1 N–H and O–H groups in total. The number of carbonyl (C=O) groups is 1. The van der Waals surface area contributed by atoms with E-state index in [1.807, 2.05) is 48.5 Å². The lowest BCUT2D eigenvalue weighted by Gasteiger charge is -2.05. The molecular formula is C24H20O3. The van der Waals surface area contributed by atoms with Crippen molar-refractivity contribution in [1.29, 1.82) is 0 Å². The molecule has 3 nitrogen and oxygen atoms in total. The van der Waals surface area contributed by atoms with Crippen LogP contribution in [0.3, 0.4) is 0 Å². The minimum Gasteiger partial charge on any atom is -0.508 e. The molecule has 3 aromatic carbocycles. The zero-order valence-corrected chi connectivity index (χ0v) is 15.1. The van der Waals surface area contributed by atoms with E-state index >= 15 is 0 Å². The molecule has 0 saturated carbocycles. The molecule has 0 bridgehead atoms. The number of para-hydroxylation sites is 1. The Morgan fingerprint density at radius 1 is 0.926 bits per heavy atom. The van der Waals surface area contributed by atoms with Gasteiger partial charge in [0.1, 0.15) is 17.1 Å². The summed E-state index contributed by atoms with van der Waals surface area (Å²) in [5.41, 5.74) is 3.85. The molecule has 4 aromatic rings. The number of aromatic hydroxyl groups is 1. The van der Waals surface area contributed by atoms with Crippen molar-refractivity contribution in [1.82, 2.24) is 0 Å². The quantitative estimate of drug-likeness (QED) is 0.447. The lowest BCUT2D eigenvalue weighted by molar-refractivity contribution is 0.104. The molecule has 0 aliphatic rings. The zero-order chi connectivity index (χ0) is 18.8. The molecule has 0 saturated heterocycles. The summed E-state index contributed by atoms with van der Waals surface area (Å²) in [6.45, 7) is 2.14. The molecule has 0 atom stereocenters. The Morgan fingerprint density at radius 3 is 2.33 bits per heavy atom. The summed E-state index contributed by atoms with van der Waals surface area (Å²) in [6.07, 6.45) is 2.08. The average molecular weight is 356 g/mol. The lowest BCUT2D eigenvalue weighted by atomic mass is 9.96. The standard InChI is InChI=1S/C24H20O3/c1-2-5-16-8-10-17(11-9-16)23(26)22-20-6-3-4-7-21(20)27-24(22)18-12-14-19(25)15-13-18/h3-4,6-15,25H,2,5H2,1H3. The van der Waals surface area contributed by atoms with Gasteiger partial charge in [-0.3, -0.25) is 4.79 Å². The summed E-state index contributed by atoms with van der Waals surface area (Å²) in [5, 5.41) is 10.4. The van der Waals surface area contributed by atoms with E-state index in [2.05, 4.69) is 6.92 Å². The van der Waals surface area contributed by atoms with Gasteiger partial charge in [-0.1, -0.05) is 55.8 Å². The van der Waals surface area contributed by atoms with E-state index in [0.717, 1.165) is 23.8 Å². The number of hydrogen-bond donors (Lipinski definition) is 1. The maximum atomic E-state index is 13.3. The number of furan rings is 1. The molecule has 1 aromatic heterocycles. The molecule has 0 amide bonds. The highest BCUT2D eigenvalue weighted by Crippen LogP contribution is 2.35. The normalized spacial score (nSPS) is 11.0. The van der Waals surface area contributed by atoms with Crippen LogP contribution in [0, 0.1) is 0 Å². The van der Waals surface area contributed by atoms with Gasteiger partial charge in [0.2, 0.25) is 0 Å². The smallest absolute Gasteiger partial charge is 0.197 e. The van der Waals surface area contributed by atoms with Crippen LogP contribution in [-0.4, -0.2) is 10.9 Å². The molecule has 0 unspecified atom stereocenters. The minimum absolute atomic E-state index is 0.0638. The summed E-state index contributed by atoms with van der Waals surface area (Å²) in [5.74, 6) is 0.638. The number of rotatable bonds is 5. The highest BCUT2D eigenvalue weighted by Gasteiger charge is 2.23. The molecule has 0 spiro atoms. The summed E-state index contributed by atoms with van der Waals surface area (Å²) in [6, 6.07) is 22.1. The average Bonchev–Trinajstić information content (AvgIpc) is 3.08. The number of aryl methyl sites for hydroxylation is 1. The van der Waals surface area contributed by atoms with Crippen molar-refractivity contribution < 1.29 is 14.3 Å². The van der Waals surface area contributed by atoms with Crippen molar-refractivity contribution >= 4 is 16.8 Å². The molecule has 1 heterocycles. The number of ketones is 1. The Hall–Kier alpha value is -3.33. The van der Waals surface area contributed by atoms with Gasteiger partial charge >= 0.3 is 0 Å². The fourth-order valence-corrected chi connectivity index (χ4v) is 3.34. The van der Waals surface area contributed by atoms with Crippen molar-refractivity contribution in [2.75, 3.05) is 0 Å². The molecule has 0 aliphatic carbocycles. The highest BCUT2D eigenvalue weighted by atomic mass is 16.3. The minimum atomic E-state index is -0.0638. The number of carbonyl (C=O) groups excluding carboxylic acids is 1. The Kier molecular flexibility index (Phi) is 4.51. The van der Waals surface area contributed by atoms with Gasteiger partial charge in [-0.05, 0) is 42.3 Å². The molecule has 4 rings (SSSR count). The number of phenolic OH excluding ortho intramolecular Hbond substituents is 1. The van der Waals surface area contributed by atoms with Crippen molar-refractivity contribution in [3.8, 4) is 17.1 Å². The second kappa shape index (κ2) is 7.12. The summed E-state index contributed by atoms with van der Waals surface area (Å²) in [7, 11) is 0. The topological polar surface area (TPSA) is 50.4 Å². The van der Waals surface area contributed by atoms with Gasteiger partial charge in [-0.2, -0.15) is 0 Å². The maximum Gasteiger partial charge on any atom is 0.197 e. The van der Waals surface area contributed by atoms with Gasteiger partial charge in [0.15, 0.2) is 5.78 Å². The van der Waals surface area contributed by atoms with Crippen LogP contribution in [-0.2, 0) is 6.42 Å². The van der Waals surface area contributed by atoms with Crippen molar-refractivity contribution in [3.05, 3.63) is 89.5 Å². The predicted molar refractivity (Wildman–Crippen MR) is 107 cm³/mol. The molecule has 134 valence electrons. The fourth-order valence-electron chi connectivity index (χ4n) is 3.34. The third-order valence-electron chi connectivity index (χ3n) is 4.71. The van der Waals surface area contributed by atoms with Crippen LogP contribution in [0.25, 0.3) is 22.3 Å². The number of hydrogen-bond acceptors (Lipinski definition) is 3. The lowest BCUT2D eigenvalue weighted by Crippen LogP contribution is -2.02. The Balaban J connectivity index is 1.85. The monoisotopic (exact) mass is 356 g/mol. The zero-order valence-electron chi connectivity index (χ0n) is 15.1. The van der Waals surface area contributed by atoms with Gasteiger partial charge in [0.25, 0.3) is 0 Å². The van der Waals surface area contributed by atoms with Crippen LogP contribution in [0.15, 0.2) is 77.2 Å². The summed E-state index contributed by atoms with van der Waals surface area (Å²) in [4.78, 5) is 13.3. The first-order valence-corrected chi connectivity index (χ1v) is 9.12. The van der Waals surface area contributed by atoms with Gasteiger partial charge in [-0.15, -0.1) is 0 Å². The van der Waals surface area contributed by atoms with Crippen molar-refractivity contribution in [2.24, 2.45) is 0 Å². The second-order valence-electron chi connectivity index (χ2n) is 6.63. The summed E-state index contributed by atoms with van der Waals surface area (Å²) < 4.78 is 6.03. The SMILES string of the molecule is CCCc1ccc(C(=O)c2c(-c3ccc(O)cc3)oc3ccccc23)cc1. The van der Waals surface area contributed by atoms with Crippen molar-refractivity contribution in [2.45, 2.75) is 19.8 Å². The Labute approximate surface area is 157 Å². The third-order valence-corrected chi connectivity index (χ3v) is 4.71. The fraction of sp³-hybridized carbons (Fsp3) is 0.125. The summed E-state index contributed by atoms with van der Waals surface area (Å²) >= 11 is 0. The van der Waals surface area contributed by atoms with Crippen LogP contribution in [0.2, 0.25) is 0 Å². The van der Waals surface area contributed by atoms with E-state index < -0.39 is 0 Å². The van der Waals surface area contributed by atoms with Gasteiger partial charge in [0, 0.05) is 16.5 Å². The Morgan fingerprint density at radius 2 is 1.63 bits per heavy atom. The number of phenols is 1. The van der Waals surface area contributed by atoms with Gasteiger partial charge in [-0.25, -0.2) is 0 Å². The third kappa shape index (κ3) is 3.24. The molecule has 3 heteroatoms. The highest BCUT2D eigenvalue weighted by molar-refractivity contribution is 6.19. The van der Waals surface area contributed by atoms with Crippen LogP contribution in [0.4, 0.5) is 0 Å². The van der Waals surface area contributed by atoms with Crippen LogP contribution in [0.1, 0.15) is 34.8 Å². The maximum absolute atomic E-state index is 13.3. The van der Waals surface area contributed by atoms with E-state index in [9.17, 15) is 9.90 Å². The molecule has 0 fully saturated rings. The largest absolute Gasteiger partial charge is 0.508 e. The number of fused-ring (bicyclic) bond motifs is 1. The molecule has 27 heavy (non-hydrogen) atoms. The van der Waals surface area contributed by atoms with Crippen LogP contribution < -0.4 is 0 Å².